The number of likely N-dealkylation sites (tertiary alicyclic amines) is 1. The third kappa shape index (κ3) is 6.26. The molecule has 3 amide bonds. The van der Waals surface area contributed by atoms with Crippen LogP contribution >= 0.6 is 0 Å². The molecule has 0 aromatic carbocycles. The summed E-state index contributed by atoms with van der Waals surface area (Å²) >= 11 is 0. The lowest BCUT2D eigenvalue weighted by atomic mass is 10.0. The topological polar surface area (TPSA) is 142 Å². The molecule has 0 saturated carbocycles. The van der Waals surface area contributed by atoms with Crippen molar-refractivity contribution in [1.82, 2.24) is 30.0 Å². The van der Waals surface area contributed by atoms with E-state index in [0.717, 1.165) is 6.26 Å². The van der Waals surface area contributed by atoms with Gasteiger partial charge in [-0.1, -0.05) is 0 Å². The van der Waals surface area contributed by atoms with E-state index < -0.39 is 27.5 Å². The minimum atomic E-state index is -3.60. The van der Waals surface area contributed by atoms with Crippen LogP contribution in [0.3, 0.4) is 0 Å². The third-order valence-electron chi connectivity index (χ3n) is 4.52. The first-order valence-corrected chi connectivity index (χ1v) is 11.2. The summed E-state index contributed by atoms with van der Waals surface area (Å²) in [5.74, 6) is -1.24. The van der Waals surface area contributed by atoms with Crippen LogP contribution in [0.4, 0.5) is 0 Å². The highest BCUT2D eigenvalue weighted by molar-refractivity contribution is 7.88. The number of amides is 3. The maximum atomic E-state index is 12.7. The molecule has 2 atom stereocenters. The lowest BCUT2D eigenvalue weighted by Crippen LogP contribution is -2.57. The first-order valence-electron chi connectivity index (χ1n) is 9.26. The molecule has 0 radical (unpaired) electrons. The normalized spacial score (nSPS) is 19.8. The van der Waals surface area contributed by atoms with Gasteiger partial charge >= 0.3 is 0 Å². The SMILES string of the molecule is CCNC(=O)CC(=O)N1C[C@@H](NC(=O)C(C)(C)NS(C)(=O)=O)[C@@H](n2cccn2)C1. The number of carbonyl (C=O) groups is 3. The molecule has 0 unspecified atom stereocenters. The largest absolute Gasteiger partial charge is 0.356 e. The number of nitrogens with zero attached hydrogens (tertiary/aromatic N) is 3. The van der Waals surface area contributed by atoms with E-state index in [4.69, 9.17) is 0 Å². The Hall–Kier alpha value is -2.47. The highest BCUT2D eigenvalue weighted by Crippen LogP contribution is 2.23. The number of carbonyl (C=O) groups excluding carboxylic acids is 3. The van der Waals surface area contributed by atoms with Gasteiger partial charge in [0.1, 0.15) is 12.0 Å². The zero-order valence-corrected chi connectivity index (χ0v) is 17.8. The molecule has 1 fully saturated rings. The van der Waals surface area contributed by atoms with Gasteiger partial charge in [-0.25, -0.2) is 13.1 Å². The fourth-order valence-corrected chi connectivity index (χ4v) is 4.26. The first kappa shape index (κ1) is 22.8. The molecule has 0 spiro atoms. The molecule has 2 rings (SSSR count). The number of sulfonamides is 1. The Labute approximate surface area is 170 Å². The second-order valence-corrected chi connectivity index (χ2v) is 9.31. The fraction of sp³-hybridized carbons (Fsp3) is 0.647. The van der Waals surface area contributed by atoms with E-state index in [1.165, 1.54) is 18.7 Å². The van der Waals surface area contributed by atoms with Crippen molar-refractivity contribution in [3.8, 4) is 0 Å². The molecule has 162 valence electrons. The summed E-state index contributed by atoms with van der Waals surface area (Å²) < 4.78 is 27.0. The van der Waals surface area contributed by atoms with Gasteiger partial charge in [0.2, 0.25) is 27.7 Å². The molecule has 1 saturated heterocycles. The van der Waals surface area contributed by atoms with Crippen LogP contribution in [0.5, 0.6) is 0 Å². The van der Waals surface area contributed by atoms with Crippen LogP contribution < -0.4 is 15.4 Å². The fourth-order valence-electron chi connectivity index (χ4n) is 3.24. The molecule has 29 heavy (non-hydrogen) atoms. The zero-order valence-electron chi connectivity index (χ0n) is 17.0. The van der Waals surface area contributed by atoms with Crippen LogP contribution in [0.2, 0.25) is 0 Å². The second-order valence-electron chi connectivity index (χ2n) is 7.56. The summed E-state index contributed by atoms with van der Waals surface area (Å²) in [6, 6.07) is 0.884. The second kappa shape index (κ2) is 8.91. The van der Waals surface area contributed by atoms with E-state index in [9.17, 15) is 22.8 Å². The van der Waals surface area contributed by atoms with Crippen molar-refractivity contribution < 1.29 is 22.8 Å². The smallest absolute Gasteiger partial charge is 0.241 e. The van der Waals surface area contributed by atoms with Gasteiger partial charge in [-0.05, 0) is 26.8 Å². The molecular formula is C17H28N6O5S. The molecule has 0 bridgehead atoms. The minimum absolute atomic E-state index is 0.184. The predicted molar refractivity (Wildman–Crippen MR) is 105 cm³/mol. The lowest BCUT2D eigenvalue weighted by Gasteiger charge is -2.28. The average molecular weight is 429 g/mol. The summed E-state index contributed by atoms with van der Waals surface area (Å²) in [6.07, 6.45) is 4.02. The minimum Gasteiger partial charge on any atom is -0.356 e. The van der Waals surface area contributed by atoms with Crippen LogP contribution in [0.1, 0.15) is 33.2 Å². The van der Waals surface area contributed by atoms with Crippen molar-refractivity contribution in [3.63, 3.8) is 0 Å². The Morgan fingerprint density at radius 3 is 2.48 bits per heavy atom. The molecular weight excluding hydrogens is 400 g/mol. The van der Waals surface area contributed by atoms with Crippen molar-refractivity contribution in [2.75, 3.05) is 25.9 Å². The van der Waals surface area contributed by atoms with Gasteiger partial charge in [0.25, 0.3) is 0 Å². The maximum Gasteiger partial charge on any atom is 0.241 e. The van der Waals surface area contributed by atoms with Crippen molar-refractivity contribution >= 4 is 27.7 Å². The van der Waals surface area contributed by atoms with E-state index in [1.807, 2.05) is 0 Å². The maximum absolute atomic E-state index is 12.7. The zero-order chi connectivity index (χ0) is 21.8. The first-order chi connectivity index (χ1) is 13.4. The van der Waals surface area contributed by atoms with Crippen molar-refractivity contribution in [2.45, 2.75) is 44.8 Å². The summed E-state index contributed by atoms with van der Waals surface area (Å²) in [5, 5.41) is 9.61. The Kier molecular flexibility index (Phi) is 7.01. The average Bonchev–Trinajstić information content (AvgIpc) is 3.21. The highest BCUT2D eigenvalue weighted by atomic mass is 32.2. The van der Waals surface area contributed by atoms with Crippen LogP contribution in [-0.4, -0.2) is 78.3 Å². The van der Waals surface area contributed by atoms with Gasteiger partial charge in [0.05, 0.1) is 18.3 Å². The summed E-state index contributed by atoms with van der Waals surface area (Å²) in [7, 11) is -3.60. The predicted octanol–water partition coefficient (Wildman–Crippen LogP) is -1.39. The van der Waals surface area contributed by atoms with Crippen LogP contribution in [0.15, 0.2) is 18.5 Å². The Balaban J connectivity index is 2.14. The number of aromatic nitrogens is 2. The summed E-state index contributed by atoms with van der Waals surface area (Å²) in [6.45, 7) is 5.57. The quantitative estimate of drug-likeness (QED) is 0.435. The van der Waals surface area contributed by atoms with Gasteiger partial charge in [-0.3, -0.25) is 19.1 Å². The highest BCUT2D eigenvalue weighted by Gasteiger charge is 2.40. The van der Waals surface area contributed by atoms with Gasteiger partial charge in [0.15, 0.2) is 0 Å². The molecule has 2 heterocycles. The third-order valence-corrected chi connectivity index (χ3v) is 5.40. The molecule has 1 aliphatic rings. The van der Waals surface area contributed by atoms with Crippen molar-refractivity contribution in [2.24, 2.45) is 0 Å². The molecule has 11 nitrogen and oxygen atoms in total. The van der Waals surface area contributed by atoms with Crippen LogP contribution in [0.25, 0.3) is 0 Å². The summed E-state index contributed by atoms with van der Waals surface area (Å²) in [4.78, 5) is 38.4. The molecule has 1 aliphatic heterocycles. The van der Waals surface area contributed by atoms with Crippen molar-refractivity contribution in [1.29, 1.82) is 0 Å². The van der Waals surface area contributed by atoms with E-state index in [0.29, 0.717) is 6.54 Å². The number of nitrogens with one attached hydrogen (secondary N) is 3. The number of hydrogen-bond acceptors (Lipinski definition) is 6. The van der Waals surface area contributed by atoms with Gasteiger partial charge in [-0.2, -0.15) is 5.10 Å². The summed E-state index contributed by atoms with van der Waals surface area (Å²) in [5.41, 5.74) is -1.37. The lowest BCUT2D eigenvalue weighted by molar-refractivity contribution is -0.135. The molecule has 1 aromatic rings. The standard InChI is InChI=1S/C17H28N6O5S/c1-5-18-14(24)9-15(25)22-10-12(13(11-22)23-8-6-7-19-23)20-16(26)17(2,3)21-29(4,27)28/h6-8,12-13,21H,5,9-11H2,1-4H3,(H,18,24)(H,20,26)/t12-,13+/m1/s1. The van der Waals surface area contributed by atoms with E-state index in [2.05, 4.69) is 20.5 Å². The van der Waals surface area contributed by atoms with Crippen molar-refractivity contribution in [3.05, 3.63) is 18.5 Å². The Morgan fingerprint density at radius 2 is 1.93 bits per heavy atom. The van der Waals surface area contributed by atoms with Gasteiger partial charge in [0, 0.05) is 32.0 Å². The van der Waals surface area contributed by atoms with E-state index >= 15 is 0 Å². The van der Waals surface area contributed by atoms with Gasteiger partial charge < -0.3 is 15.5 Å². The molecule has 1 aromatic heterocycles. The van der Waals surface area contributed by atoms with Crippen LogP contribution in [0, 0.1) is 0 Å². The van der Waals surface area contributed by atoms with E-state index in [-0.39, 0.29) is 37.4 Å². The van der Waals surface area contributed by atoms with Gasteiger partial charge in [-0.15, -0.1) is 0 Å². The molecule has 12 heteroatoms. The number of rotatable bonds is 8. The van der Waals surface area contributed by atoms with E-state index in [1.54, 1.807) is 30.1 Å². The van der Waals surface area contributed by atoms with Crippen LogP contribution in [-0.2, 0) is 24.4 Å². The molecule has 0 aliphatic carbocycles. The monoisotopic (exact) mass is 428 g/mol. The Bertz CT molecular complexity index is 852. The number of hydrogen-bond donors (Lipinski definition) is 3. The molecule has 3 N–H and O–H groups in total. The Morgan fingerprint density at radius 1 is 1.24 bits per heavy atom.